The van der Waals surface area contributed by atoms with Gasteiger partial charge in [-0.25, -0.2) is 5.73 Å². The van der Waals surface area contributed by atoms with Gasteiger partial charge in [-0.3, -0.25) is 10.2 Å². The predicted molar refractivity (Wildman–Crippen MR) is 41.7 cm³/mol. The summed E-state index contributed by atoms with van der Waals surface area (Å²) in [4.78, 5) is 9.83. The van der Waals surface area contributed by atoms with E-state index in [1.165, 1.54) is 0 Å². The summed E-state index contributed by atoms with van der Waals surface area (Å²) in [5.74, 6) is -0.0818. The van der Waals surface area contributed by atoms with Gasteiger partial charge in [-0.05, 0) is 12.8 Å². The molecule has 5 N–H and O–H groups in total. The van der Waals surface area contributed by atoms with Gasteiger partial charge < -0.3 is 11.1 Å². The highest BCUT2D eigenvalue weighted by Gasteiger charge is 2.00. The van der Waals surface area contributed by atoms with Gasteiger partial charge in [-0.15, -0.1) is 0 Å². The van der Waals surface area contributed by atoms with Gasteiger partial charge in [0.2, 0.25) is 6.29 Å². The molecule has 0 saturated heterocycles. The van der Waals surface area contributed by atoms with Crippen LogP contribution in [0.4, 0.5) is 0 Å². The Morgan fingerprint density at radius 2 is 2.36 bits per heavy atom. The molecule has 0 aliphatic heterocycles. The molecule has 0 saturated carbocycles. The predicted octanol–water partition coefficient (Wildman–Crippen LogP) is -0.989. The Labute approximate surface area is 65.6 Å². The molecule has 0 aromatic carbocycles. The van der Waals surface area contributed by atoms with E-state index in [0.717, 1.165) is 0 Å². The summed E-state index contributed by atoms with van der Waals surface area (Å²) in [5.41, 5.74) is 12.0. The summed E-state index contributed by atoms with van der Waals surface area (Å²) in [7, 11) is 0. The molecule has 5 nitrogen and oxygen atoms in total. The van der Waals surface area contributed by atoms with Crippen molar-refractivity contribution < 1.29 is 4.79 Å². The third-order valence-electron chi connectivity index (χ3n) is 1.13. The Balaban J connectivity index is 3.14. The highest BCUT2D eigenvalue weighted by atomic mass is 16.1. The quantitative estimate of drug-likeness (QED) is 0.270. The average molecular weight is 156 g/mol. The van der Waals surface area contributed by atoms with Crippen molar-refractivity contribution in [2.75, 3.05) is 6.54 Å². The normalized spacial score (nSPS) is 12.1. The monoisotopic (exact) mass is 156 g/mol. The average Bonchev–Trinajstić information content (AvgIpc) is 1.97. The number of rotatable bonds is 5. The third kappa shape index (κ3) is 6.79. The van der Waals surface area contributed by atoms with Crippen LogP contribution < -0.4 is 16.8 Å². The van der Waals surface area contributed by atoms with Crippen LogP contribution in [0.3, 0.4) is 0 Å². The van der Waals surface area contributed by atoms with E-state index in [1.54, 1.807) is 6.29 Å². The summed E-state index contributed by atoms with van der Waals surface area (Å²) in [6, 6.07) is -0.760. The summed E-state index contributed by atoms with van der Waals surface area (Å²) in [6.45, 7) is 0.534. The molecule has 62 valence electrons. The first-order valence-electron chi connectivity index (χ1n) is 3.33. The van der Waals surface area contributed by atoms with Crippen LogP contribution in [0.5, 0.6) is 0 Å². The lowest BCUT2D eigenvalue weighted by Crippen LogP contribution is -2.31. The lowest BCUT2D eigenvalue weighted by molar-refractivity contribution is 0.528. The molecular weight excluding hydrogens is 144 g/mol. The molecule has 0 spiro atoms. The van der Waals surface area contributed by atoms with Gasteiger partial charge in [0.25, 0.3) is 0 Å². The molecule has 11 heavy (non-hydrogen) atoms. The van der Waals surface area contributed by atoms with Gasteiger partial charge in [0.05, 0.1) is 6.04 Å². The van der Waals surface area contributed by atoms with E-state index in [1.807, 2.05) is 0 Å². The van der Waals surface area contributed by atoms with Gasteiger partial charge in [0.1, 0.15) is 0 Å². The fourth-order valence-corrected chi connectivity index (χ4v) is 0.588. The highest BCUT2D eigenvalue weighted by molar-refractivity contribution is 5.74. The Kier molecular flexibility index (Phi) is 5.10. The van der Waals surface area contributed by atoms with E-state index in [4.69, 9.17) is 16.9 Å². The van der Waals surface area contributed by atoms with Gasteiger partial charge in [-0.1, -0.05) is 0 Å². The van der Waals surface area contributed by atoms with Gasteiger partial charge >= 0.3 is 0 Å². The molecule has 0 aliphatic rings. The maximum atomic E-state index is 9.83. The van der Waals surface area contributed by atoms with Crippen LogP contribution in [0.15, 0.2) is 0 Å². The topological polar surface area (TPSA) is 103 Å². The molecule has 1 atom stereocenters. The smallest absolute Gasteiger partial charge is 0.218 e. The van der Waals surface area contributed by atoms with E-state index in [2.05, 4.69) is 5.32 Å². The largest absolute Gasteiger partial charge is 0.370 e. The molecule has 0 rings (SSSR count). The summed E-state index contributed by atoms with van der Waals surface area (Å²) < 4.78 is 0. The molecule has 2 radical (unpaired) electrons. The zero-order valence-electron chi connectivity index (χ0n) is 6.18. The SMILES string of the molecule is [NH]C([C]=O)CCCNC(=N)N. The standard InChI is InChI=1S/C6H12N4O/c7-5(4-11)2-1-3-10-6(8)9/h5,7H,1-3H2,(H4,8,9,10). The maximum Gasteiger partial charge on any atom is 0.218 e. The summed E-state index contributed by atoms with van der Waals surface area (Å²) >= 11 is 0. The van der Waals surface area contributed by atoms with Crippen LogP contribution in [0.2, 0.25) is 0 Å². The van der Waals surface area contributed by atoms with Gasteiger partial charge in [0, 0.05) is 6.54 Å². The zero-order chi connectivity index (χ0) is 8.69. The Morgan fingerprint density at radius 1 is 1.73 bits per heavy atom. The van der Waals surface area contributed by atoms with E-state index < -0.39 is 6.04 Å². The van der Waals surface area contributed by atoms with Crippen molar-refractivity contribution in [3.05, 3.63) is 0 Å². The molecule has 0 amide bonds. The van der Waals surface area contributed by atoms with E-state index in [-0.39, 0.29) is 5.96 Å². The maximum absolute atomic E-state index is 9.83. The molecule has 1 unspecified atom stereocenters. The lowest BCUT2D eigenvalue weighted by atomic mass is 10.2. The molecular formula is C6H12N4O. The first-order chi connectivity index (χ1) is 5.16. The van der Waals surface area contributed by atoms with Crippen molar-refractivity contribution in [2.24, 2.45) is 5.73 Å². The zero-order valence-corrected chi connectivity index (χ0v) is 6.18. The van der Waals surface area contributed by atoms with Crippen LogP contribution in [0, 0.1) is 5.41 Å². The Hall–Kier alpha value is -1.10. The second-order valence-corrected chi connectivity index (χ2v) is 2.15. The fourth-order valence-electron chi connectivity index (χ4n) is 0.588. The first-order valence-corrected chi connectivity index (χ1v) is 3.33. The third-order valence-corrected chi connectivity index (χ3v) is 1.13. The minimum atomic E-state index is -0.760. The van der Waals surface area contributed by atoms with Crippen LogP contribution in [-0.4, -0.2) is 24.8 Å². The van der Waals surface area contributed by atoms with Crippen LogP contribution in [0.25, 0.3) is 0 Å². The molecule has 0 aromatic rings. The second-order valence-electron chi connectivity index (χ2n) is 2.15. The van der Waals surface area contributed by atoms with E-state index in [9.17, 15) is 4.79 Å². The van der Waals surface area contributed by atoms with Gasteiger partial charge in [0.15, 0.2) is 5.96 Å². The first kappa shape index (κ1) is 9.90. The van der Waals surface area contributed by atoms with Crippen molar-refractivity contribution in [1.29, 1.82) is 5.41 Å². The lowest BCUT2D eigenvalue weighted by Gasteiger charge is -2.03. The highest BCUT2D eigenvalue weighted by Crippen LogP contribution is 1.90. The van der Waals surface area contributed by atoms with Crippen molar-refractivity contribution in [1.82, 2.24) is 11.1 Å². The number of carbonyl (C=O) groups excluding carboxylic acids is 1. The molecule has 0 bridgehead atoms. The van der Waals surface area contributed by atoms with Crippen LogP contribution >= 0.6 is 0 Å². The number of hydrogen-bond donors (Lipinski definition) is 3. The van der Waals surface area contributed by atoms with Crippen LogP contribution in [-0.2, 0) is 4.79 Å². The summed E-state index contributed by atoms with van der Waals surface area (Å²) in [6.07, 6.45) is 2.67. The van der Waals surface area contributed by atoms with Gasteiger partial charge in [-0.2, -0.15) is 0 Å². The van der Waals surface area contributed by atoms with Crippen molar-refractivity contribution in [3.63, 3.8) is 0 Å². The van der Waals surface area contributed by atoms with E-state index in [0.29, 0.717) is 19.4 Å². The number of guanidine groups is 1. The molecule has 0 aliphatic carbocycles. The van der Waals surface area contributed by atoms with Crippen LogP contribution in [0.1, 0.15) is 12.8 Å². The minimum absolute atomic E-state index is 0.0818. The van der Waals surface area contributed by atoms with Crippen molar-refractivity contribution >= 4 is 12.2 Å². The molecule has 0 heterocycles. The molecule has 5 heteroatoms. The summed E-state index contributed by atoms with van der Waals surface area (Å²) in [5, 5.41) is 9.34. The molecule has 0 fully saturated rings. The molecule has 0 aromatic heterocycles. The minimum Gasteiger partial charge on any atom is -0.370 e. The second kappa shape index (κ2) is 5.67. The Bertz CT molecular complexity index is 137. The van der Waals surface area contributed by atoms with Crippen molar-refractivity contribution in [2.45, 2.75) is 18.9 Å². The van der Waals surface area contributed by atoms with E-state index >= 15 is 0 Å². The number of hydrogen-bond acceptors (Lipinski definition) is 2. The number of nitrogens with one attached hydrogen (secondary N) is 3. The fraction of sp³-hybridized carbons (Fsp3) is 0.667. The number of nitrogens with two attached hydrogens (primary N) is 1. The van der Waals surface area contributed by atoms with Crippen molar-refractivity contribution in [3.8, 4) is 0 Å². The Morgan fingerprint density at radius 3 is 2.82 bits per heavy atom.